The number of rotatable bonds is 6. The molecule has 0 amide bonds. The van der Waals surface area contributed by atoms with E-state index in [-0.39, 0.29) is 11.2 Å². The summed E-state index contributed by atoms with van der Waals surface area (Å²) in [6.07, 6.45) is 7.23. The third kappa shape index (κ3) is 4.98. The van der Waals surface area contributed by atoms with Gasteiger partial charge in [0.2, 0.25) is 0 Å². The highest BCUT2D eigenvalue weighted by molar-refractivity contribution is 5.29. The van der Waals surface area contributed by atoms with Gasteiger partial charge in [0, 0.05) is 0 Å². The Balaban J connectivity index is 2.90. The van der Waals surface area contributed by atoms with Crippen LogP contribution in [0.15, 0.2) is 48.1 Å². The van der Waals surface area contributed by atoms with Crippen molar-refractivity contribution < 1.29 is 8.78 Å². The fourth-order valence-electron chi connectivity index (χ4n) is 2.18. The second-order valence-electron chi connectivity index (χ2n) is 5.31. The van der Waals surface area contributed by atoms with Gasteiger partial charge in [0.15, 0.2) is 0 Å². The third-order valence-corrected chi connectivity index (χ3v) is 3.15. The maximum absolute atomic E-state index is 12.9. The summed E-state index contributed by atoms with van der Waals surface area (Å²) in [5.41, 5.74) is 2.11. The third-order valence-electron chi connectivity index (χ3n) is 3.15. The maximum atomic E-state index is 12.9. The molecule has 1 aromatic rings. The predicted octanol–water partition coefficient (Wildman–Crippen LogP) is 5.26. The van der Waals surface area contributed by atoms with Crippen LogP contribution in [-0.4, -0.2) is 6.67 Å². The molecule has 0 fully saturated rings. The zero-order valence-electron chi connectivity index (χ0n) is 11.9. The van der Waals surface area contributed by atoms with Crippen molar-refractivity contribution in [1.29, 1.82) is 0 Å². The lowest BCUT2D eigenvalue weighted by atomic mass is 9.78. The van der Waals surface area contributed by atoms with Gasteiger partial charge in [0.25, 0.3) is 0 Å². The van der Waals surface area contributed by atoms with Crippen molar-refractivity contribution in [2.45, 2.75) is 33.6 Å². The molecular formula is C17H22F2. The van der Waals surface area contributed by atoms with Crippen LogP contribution in [0.2, 0.25) is 0 Å². The van der Waals surface area contributed by atoms with Crippen LogP contribution < -0.4 is 0 Å². The summed E-state index contributed by atoms with van der Waals surface area (Å²) in [4.78, 5) is 0. The molecule has 2 heteroatoms. The normalized spacial score (nSPS) is 13.2. The summed E-state index contributed by atoms with van der Waals surface area (Å²) in [6.45, 7) is 5.87. The van der Waals surface area contributed by atoms with E-state index in [4.69, 9.17) is 0 Å². The molecule has 0 aliphatic rings. The van der Waals surface area contributed by atoms with Crippen molar-refractivity contribution in [1.82, 2.24) is 0 Å². The Bertz CT molecular complexity index is 439. The minimum atomic E-state index is -0.451. The zero-order chi connectivity index (χ0) is 14.3. The largest absolute Gasteiger partial charge is 0.247 e. The molecule has 0 radical (unpaired) electrons. The Labute approximate surface area is 114 Å². The fourth-order valence-corrected chi connectivity index (χ4v) is 2.18. The van der Waals surface area contributed by atoms with E-state index >= 15 is 0 Å². The Hall–Kier alpha value is -1.44. The highest BCUT2D eigenvalue weighted by Gasteiger charge is 2.21. The smallest absolute Gasteiger partial charge is 0.123 e. The van der Waals surface area contributed by atoms with Gasteiger partial charge in [-0.15, -0.1) is 0 Å². The summed E-state index contributed by atoms with van der Waals surface area (Å²) in [6, 6.07) is 6.57. The van der Waals surface area contributed by atoms with E-state index in [1.807, 2.05) is 6.08 Å². The highest BCUT2D eigenvalue weighted by atomic mass is 19.1. The second kappa shape index (κ2) is 7.22. The summed E-state index contributed by atoms with van der Waals surface area (Å²) in [5.74, 6) is -0.219. The van der Waals surface area contributed by atoms with E-state index in [1.165, 1.54) is 18.2 Å². The first kappa shape index (κ1) is 15.6. The molecule has 0 atom stereocenters. The molecule has 19 heavy (non-hydrogen) atoms. The second-order valence-corrected chi connectivity index (χ2v) is 5.31. The van der Waals surface area contributed by atoms with Crippen LogP contribution in [0.5, 0.6) is 0 Å². The van der Waals surface area contributed by atoms with Gasteiger partial charge in [-0.05, 0) is 41.5 Å². The van der Waals surface area contributed by atoms with Gasteiger partial charge in [-0.25, -0.2) is 8.78 Å². The predicted molar refractivity (Wildman–Crippen MR) is 77.4 cm³/mol. The van der Waals surface area contributed by atoms with Crippen molar-refractivity contribution in [3.63, 3.8) is 0 Å². The first-order valence-electron chi connectivity index (χ1n) is 6.67. The summed E-state index contributed by atoms with van der Waals surface area (Å²) in [7, 11) is 0. The summed E-state index contributed by atoms with van der Waals surface area (Å²) >= 11 is 0. The lowest BCUT2D eigenvalue weighted by Crippen LogP contribution is -2.17. The number of hydrogen-bond acceptors (Lipinski definition) is 0. The summed E-state index contributed by atoms with van der Waals surface area (Å²) in [5, 5.41) is 0. The number of benzene rings is 1. The van der Waals surface area contributed by atoms with E-state index < -0.39 is 6.67 Å². The van der Waals surface area contributed by atoms with Crippen molar-refractivity contribution in [3.05, 3.63) is 59.4 Å². The molecule has 0 heterocycles. The number of alkyl halides is 1. The van der Waals surface area contributed by atoms with Crippen molar-refractivity contribution in [2.75, 3.05) is 6.67 Å². The van der Waals surface area contributed by atoms with E-state index in [2.05, 4.69) is 26.8 Å². The molecule has 0 nitrogen and oxygen atoms in total. The van der Waals surface area contributed by atoms with E-state index in [0.29, 0.717) is 0 Å². The van der Waals surface area contributed by atoms with Crippen molar-refractivity contribution >= 4 is 0 Å². The molecule has 0 N–H and O–H groups in total. The first-order valence-corrected chi connectivity index (χ1v) is 6.67. The average Bonchev–Trinajstić information content (AvgIpc) is 2.37. The van der Waals surface area contributed by atoms with Crippen LogP contribution in [-0.2, 0) is 6.42 Å². The van der Waals surface area contributed by atoms with Crippen LogP contribution in [0.3, 0.4) is 0 Å². The Morgan fingerprint density at radius 2 is 1.84 bits per heavy atom. The Morgan fingerprint density at radius 3 is 2.37 bits per heavy atom. The Morgan fingerprint density at radius 1 is 1.21 bits per heavy atom. The standard InChI is InChI=1S/C17H22F2/c1-4-6-15(7-5-12-18)17(2,3)13-14-8-10-16(19)11-9-14/h5-11H,4,12-13H2,1-3H3/b7-5-,15-6+. The first-order chi connectivity index (χ1) is 8.99. The number of allylic oxidation sites excluding steroid dienone is 4. The van der Waals surface area contributed by atoms with Gasteiger partial charge in [-0.1, -0.05) is 51.1 Å². The highest BCUT2D eigenvalue weighted by Crippen LogP contribution is 2.32. The van der Waals surface area contributed by atoms with Crippen molar-refractivity contribution in [2.24, 2.45) is 5.41 Å². The molecule has 104 valence electrons. The van der Waals surface area contributed by atoms with Crippen molar-refractivity contribution in [3.8, 4) is 0 Å². The topological polar surface area (TPSA) is 0 Å². The minimum Gasteiger partial charge on any atom is -0.247 e. The molecule has 0 spiro atoms. The van der Waals surface area contributed by atoms with E-state index in [0.717, 1.165) is 24.0 Å². The minimum absolute atomic E-state index is 0.0977. The van der Waals surface area contributed by atoms with Crippen LogP contribution in [0.1, 0.15) is 32.8 Å². The van der Waals surface area contributed by atoms with Crippen LogP contribution in [0.4, 0.5) is 8.78 Å². The number of halogens is 2. The van der Waals surface area contributed by atoms with Gasteiger partial charge < -0.3 is 0 Å². The molecule has 0 unspecified atom stereocenters. The molecule has 0 saturated carbocycles. The van der Waals surface area contributed by atoms with Gasteiger partial charge in [-0.2, -0.15) is 0 Å². The lowest BCUT2D eigenvalue weighted by Gasteiger charge is -2.27. The molecule has 0 aromatic heterocycles. The van der Waals surface area contributed by atoms with Gasteiger partial charge in [0.05, 0.1) is 0 Å². The number of hydrogen-bond donors (Lipinski definition) is 0. The lowest BCUT2D eigenvalue weighted by molar-refractivity contribution is 0.451. The van der Waals surface area contributed by atoms with Crippen LogP contribution in [0, 0.1) is 11.2 Å². The summed E-state index contributed by atoms with van der Waals surface area (Å²) < 4.78 is 25.2. The maximum Gasteiger partial charge on any atom is 0.123 e. The molecule has 0 bridgehead atoms. The average molecular weight is 264 g/mol. The van der Waals surface area contributed by atoms with E-state index in [1.54, 1.807) is 12.1 Å². The SMILES string of the molecule is CC/C=C(\C=C/CF)C(C)(C)Cc1ccc(F)cc1. The van der Waals surface area contributed by atoms with E-state index in [9.17, 15) is 8.78 Å². The van der Waals surface area contributed by atoms with Crippen LogP contribution in [0.25, 0.3) is 0 Å². The molecule has 1 aromatic carbocycles. The van der Waals surface area contributed by atoms with Gasteiger partial charge in [-0.3, -0.25) is 0 Å². The molecule has 0 saturated heterocycles. The fraction of sp³-hybridized carbons (Fsp3) is 0.412. The molecular weight excluding hydrogens is 242 g/mol. The Kier molecular flexibility index (Phi) is 5.94. The monoisotopic (exact) mass is 264 g/mol. The van der Waals surface area contributed by atoms with Crippen LogP contribution >= 0.6 is 0 Å². The molecule has 0 aliphatic carbocycles. The quantitative estimate of drug-likeness (QED) is 0.615. The van der Waals surface area contributed by atoms with Gasteiger partial charge in [0.1, 0.15) is 12.5 Å². The molecule has 1 rings (SSSR count). The zero-order valence-corrected chi connectivity index (χ0v) is 11.9. The molecule has 0 aliphatic heterocycles. The van der Waals surface area contributed by atoms with Gasteiger partial charge >= 0.3 is 0 Å².